The van der Waals surface area contributed by atoms with E-state index < -0.39 is 42.5 Å². The molecule has 6 atom stereocenters. The molecule has 1 heterocycles. The van der Waals surface area contributed by atoms with Gasteiger partial charge in [-0.1, -0.05) is 12.1 Å². The zero-order valence-electron chi connectivity index (χ0n) is 16.0. The number of aliphatic hydroxyl groups excluding tert-OH is 3. The van der Waals surface area contributed by atoms with Gasteiger partial charge in [0.05, 0.1) is 11.7 Å². The summed E-state index contributed by atoms with van der Waals surface area (Å²) in [6.07, 6.45) is -2.41. The Bertz CT molecular complexity index is 797. The first-order valence-electron chi connectivity index (χ1n) is 9.28. The number of carbonyl (C=O) groups is 1. The number of hydrogen-bond donors (Lipinski definition) is 6. The molecule has 158 valence electrons. The van der Waals surface area contributed by atoms with Crippen LogP contribution in [0.5, 0.6) is 5.75 Å². The van der Waals surface area contributed by atoms with Crippen LogP contribution < -0.4 is 10.6 Å². The first-order chi connectivity index (χ1) is 13.8. The number of hydrogen-bond acceptors (Lipinski definition) is 8. The molecule has 0 spiro atoms. The quantitative estimate of drug-likeness (QED) is 0.215. The summed E-state index contributed by atoms with van der Waals surface area (Å²) in [5.74, 6) is -0.509. The molecule has 0 unspecified atom stereocenters. The van der Waals surface area contributed by atoms with Crippen molar-refractivity contribution in [3.05, 3.63) is 42.0 Å². The average molecular weight is 406 g/mol. The summed E-state index contributed by atoms with van der Waals surface area (Å²) >= 11 is 0. The normalized spacial score (nSPS) is 31.8. The van der Waals surface area contributed by atoms with Crippen LogP contribution in [0.4, 0.5) is 5.69 Å². The van der Waals surface area contributed by atoms with Gasteiger partial charge < -0.3 is 40.5 Å². The Kier molecular flexibility index (Phi) is 6.56. The van der Waals surface area contributed by atoms with Gasteiger partial charge in [0.2, 0.25) is 5.91 Å². The Morgan fingerprint density at radius 3 is 2.55 bits per heavy atom. The molecule has 2 fully saturated rings. The number of phenols is 1. The highest BCUT2D eigenvalue weighted by Crippen LogP contribution is 2.30. The van der Waals surface area contributed by atoms with Crippen molar-refractivity contribution in [2.45, 2.75) is 43.5 Å². The minimum atomic E-state index is -1.41. The van der Waals surface area contributed by atoms with Gasteiger partial charge >= 0.3 is 0 Å². The first-order valence-corrected chi connectivity index (χ1v) is 9.28. The summed E-state index contributed by atoms with van der Waals surface area (Å²) in [7, 11) is 0. The summed E-state index contributed by atoms with van der Waals surface area (Å²) in [6, 6.07) is 3.79. The fourth-order valence-corrected chi connectivity index (χ4v) is 3.51. The minimum Gasteiger partial charge on any atom is -0.506 e. The number of amides is 1. The Balaban J connectivity index is 1.69. The van der Waals surface area contributed by atoms with E-state index in [1.807, 2.05) is 0 Å². The largest absolute Gasteiger partial charge is 0.506 e. The van der Waals surface area contributed by atoms with E-state index in [9.17, 15) is 25.2 Å². The SMILES string of the molecule is C=CCNc1ccc(/C=C(\C)C(=O)N[C@@H]2[C@H](O)[C@@H](O)[C@H]3OCO[C@H]3[C@@H]2O)cc1O. The average Bonchev–Trinajstić information content (AvgIpc) is 3.19. The predicted molar refractivity (Wildman–Crippen MR) is 105 cm³/mol. The number of carbonyl (C=O) groups excluding carboxylic acids is 1. The zero-order valence-corrected chi connectivity index (χ0v) is 16.0. The van der Waals surface area contributed by atoms with Crippen LogP contribution in [-0.2, 0) is 14.3 Å². The Labute approximate surface area is 168 Å². The molecule has 0 radical (unpaired) electrons. The van der Waals surface area contributed by atoms with Gasteiger partial charge in [-0.05, 0) is 30.7 Å². The number of anilines is 1. The van der Waals surface area contributed by atoms with Crippen molar-refractivity contribution in [1.82, 2.24) is 5.32 Å². The molecule has 1 aliphatic carbocycles. The van der Waals surface area contributed by atoms with Crippen LogP contribution >= 0.6 is 0 Å². The van der Waals surface area contributed by atoms with Gasteiger partial charge in [-0.15, -0.1) is 6.58 Å². The molecule has 2 aliphatic rings. The fraction of sp³-hybridized carbons (Fsp3) is 0.450. The van der Waals surface area contributed by atoms with Crippen molar-refractivity contribution < 1.29 is 34.7 Å². The lowest BCUT2D eigenvalue weighted by Gasteiger charge is -2.41. The van der Waals surface area contributed by atoms with Crippen LogP contribution in [0.15, 0.2) is 36.4 Å². The van der Waals surface area contributed by atoms with Crippen LogP contribution in [0, 0.1) is 0 Å². The smallest absolute Gasteiger partial charge is 0.247 e. The van der Waals surface area contributed by atoms with E-state index in [0.717, 1.165) is 0 Å². The maximum Gasteiger partial charge on any atom is 0.247 e. The maximum atomic E-state index is 12.6. The molecule has 6 N–H and O–H groups in total. The van der Waals surface area contributed by atoms with Crippen molar-refractivity contribution in [3.8, 4) is 5.75 Å². The van der Waals surface area contributed by atoms with Gasteiger partial charge in [0.15, 0.2) is 0 Å². The monoisotopic (exact) mass is 406 g/mol. The second kappa shape index (κ2) is 8.93. The van der Waals surface area contributed by atoms with Gasteiger partial charge in [0.1, 0.15) is 43.1 Å². The van der Waals surface area contributed by atoms with Crippen molar-refractivity contribution >= 4 is 17.7 Å². The van der Waals surface area contributed by atoms with Crippen molar-refractivity contribution in [1.29, 1.82) is 0 Å². The van der Waals surface area contributed by atoms with Crippen LogP contribution in [0.3, 0.4) is 0 Å². The number of rotatable bonds is 6. The Morgan fingerprint density at radius 2 is 1.90 bits per heavy atom. The molecule has 29 heavy (non-hydrogen) atoms. The highest BCUT2D eigenvalue weighted by atomic mass is 16.7. The lowest BCUT2D eigenvalue weighted by Crippen LogP contribution is -2.67. The number of aromatic hydroxyl groups is 1. The molecule has 1 saturated carbocycles. The lowest BCUT2D eigenvalue weighted by molar-refractivity contribution is -0.155. The fourth-order valence-electron chi connectivity index (χ4n) is 3.51. The molecule has 0 aromatic heterocycles. The van der Waals surface area contributed by atoms with Crippen LogP contribution in [-0.4, -0.2) is 76.2 Å². The summed E-state index contributed by atoms with van der Waals surface area (Å²) in [5.41, 5.74) is 1.42. The predicted octanol–water partition coefficient (Wildman–Crippen LogP) is -0.284. The summed E-state index contributed by atoms with van der Waals surface area (Å²) < 4.78 is 10.4. The molecule has 1 saturated heterocycles. The third kappa shape index (κ3) is 4.44. The van der Waals surface area contributed by atoms with E-state index >= 15 is 0 Å². The van der Waals surface area contributed by atoms with Crippen molar-refractivity contribution in [3.63, 3.8) is 0 Å². The second-order valence-electron chi connectivity index (χ2n) is 7.12. The van der Waals surface area contributed by atoms with E-state index in [0.29, 0.717) is 17.8 Å². The molecule has 1 aromatic carbocycles. The third-order valence-corrected chi connectivity index (χ3v) is 5.10. The molecule has 9 heteroatoms. The molecular formula is C20H26N2O7. The Morgan fingerprint density at radius 1 is 1.21 bits per heavy atom. The molecule has 9 nitrogen and oxygen atoms in total. The van der Waals surface area contributed by atoms with Crippen LogP contribution in [0.2, 0.25) is 0 Å². The van der Waals surface area contributed by atoms with Crippen LogP contribution in [0.1, 0.15) is 12.5 Å². The third-order valence-electron chi connectivity index (χ3n) is 5.10. The number of fused-ring (bicyclic) bond motifs is 1. The van der Waals surface area contributed by atoms with E-state index in [2.05, 4.69) is 17.2 Å². The second-order valence-corrected chi connectivity index (χ2v) is 7.12. The van der Waals surface area contributed by atoms with E-state index in [4.69, 9.17) is 9.47 Å². The van der Waals surface area contributed by atoms with E-state index in [1.165, 1.54) is 6.07 Å². The van der Waals surface area contributed by atoms with E-state index in [-0.39, 0.29) is 18.1 Å². The topological polar surface area (TPSA) is 141 Å². The highest BCUT2D eigenvalue weighted by Gasteiger charge is 2.53. The standard InChI is InChI=1S/C20H26N2O7/c1-3-6-21-12-5-4-11(8-13(12)23)7-10(2)20(27)22-14-15(24)17(26)19-18(16(14)25)28-9-29-19/h3-5,7-8,14-19,21,23-26H,1,6,9H2,2H3,(H,22,27)/b10-7+/t14-,15+,16-,17-,18+,19-/m1/s1. The number of aliphatic hydroxyl groups is 3. The van der Waals surface area contributed by atoms with Gasteiger partial charge in [-0.25, -0.2) is 0 Å². The van der Waals surface area contributed by atoms with Gasteiger partial charge in [0.25, 0.3) is 0 Å². The van der Waals surface area contributed by atoms with E-state index in [1.54, 1.807) is 31.2 Å². The molecule has 1 amide bonds. The molecule has 0 bridgehead atoms. The van der Waals surface area contributed by atoms with Crippen molar-refractivity contribution in [2.24, 2.45) is 0 Å². The molecule has 1 aliphatic heterocycles. The summed E-state index contributed by atoms with van der Waals surface area (Å²) in [5, 5.41) is 46.5. The summed E-state index contributed by atoms with van der Waals surface area (Å²) in [6.45, 7) is 5.56. The lowest BCUT2D eigenvalue weighted by atomic mass is 9.83. The summed E-state index contributed by atoms with van der Waals surface area (Å²) in [4.78, 5) is 12.6. The van der Waals surface area contributed by atoms with Gasteiger partial charge in [-0.2, -0.15) is 0 Å². The Hall–Kier alpha value is -2.43. The number of nitrogens with one attached hydrogen (secondary N) is 2. The van der Waals surface area contributed by atoms with Crippen molar-refractivity contribution in [2.75, 3.05) is 18.7 Å². The van der Waals surface area contributed by atoms with Gasteiger partial charge in [-0.3, -0.25) is 4.79 Å². The molecular weight excluding hydrogens is 380 g/mol. The number of benzene rings is 1. The highest BCUT2D eigenvalue weighted by molar-refractivity contribution is 5.97. The maximum absolute atomic E-state index is 12.6. The first kappa shape index (κ1) is 21.3. The molecule has 1 aromatic rings. The van der Waals surface area contributed by atoms with Gasteiger partial charge in [0, 0.05) is 12.1 Å². The minimum absolute atomic E-state index is 0.0273. The molecule has 3 rings (SSSR count). The number of phenolic OH excluding ortho intramolecular Hbond substituents is 1. The van der Waals surface area contributed by atoms with Crippen LogP contribution in [0.25, 0.3) is 6.08 Å². The number of ether oxygens (including phenoxy) is 2. The zero-order chi connectivity index (χ0) is 21.1.